The second-order valence-electron chi connectivity index (χ2n) is 9.92. The van der Waals surface area contributed by atoms with E-state index in [0.29, 0.717) is 27.1 Å². The molecule has 0 radical (unpaired) electrons. The zero-order valence-corrected chi connectivity index (χ0v) is 25.3. The zero-order valence-electron chi connectivity index (χ0n) is 23.7. The molecule has 0 saturated heterocycles. The van der Waals surface area contributed by atoms with Crippen LogP contribution in [0.2, 0.25) is 0 Å². The van der Waals surface area contributed by atoms with Gasteiger partial charge in [-0.2, -0.15) is 0 Å². The number of benzene rings is 5. The highest BCUT2D eigenvalue weighted by Gasteiger charge is 2.22. The molecule has 0 heterocycles. The van der Waals surface area contributed by atoms with E-state index in [2.05, 4.69) is 21.2 Å². The van der Waals surface area contributed by atoms with E-state index >= 15 is 0 Å². The number of aliphatic carboxylic acids is 1. The Morgan fingerprint density at radius 2 is 1.48 bits per heavy atom. The van der Waals surface area contributed by atoms with E-state index < -0.39 is 17.9 Å². The topological polar surface area (TPSA) is 84.9 Å². The molecule has 2 N–H and O–H groups in total. The summed E-state index contributed by atoms with van der Waals surface area (Å²) in [5.74, 6) is 0.345. The third kappa shape index (κ3) is 8.24. The summed E-state index contributed by atoms with van der Waals surface area (Å²) < 4.78 is 12.7. The van der Waals surface area contributed by atoms with Crippen LogP contribution < -0.4 is 14.8 Å². The third-order valence-corrected chi connectivity index (χ3v) is 7.29. The van der Waals surface area contributed by atoms with E-state index in [-0.39, 0.29) is 13.0 Å². The van der Waals surface area contributed by atoms with Gasteiger partial charge in [-0.1, -0.05) is 113 Å². The van der Waals surface area contributed by atoms with E-state index in [9.17, 15) is 14.7 Å². The monoisotopic (exact) mass is 647 g/mol. The molecule has 0 aliphatic heterocycles. The summed E-state index contributed by atoms with van der Waals surface area (Å²) in [6.45, 7) is 0.256. The molecular weight excluding hydrogens is 618 g/mol. The highest BCUT2D eigenvalue weighted by Crippen LogP contribution is 2.34. The molecule has 0 aromatic heterocycles. The number of carbonyl (C=O) groups is 2. The summed E-state index contributed by atoms with van der Waals surface area (Å²) in [5.41, 5.74) is 3.78. The number of ether oxygens (including phenoxy) is 2. The molecule has 0 saturated carbocycles. The normalized spacial score (nSPS) is 11.6. The molecule has 5 aromatic carbocycles. The van der Waals surface area contributed by atoms with E-state index in [0.717, 1.165) is 22.4 Å². The first-order chi connectivity index (χ1) is 21.5. The lowest BCUT2D eigenvalue weighted by atomic mass is 9.98. The number of hydrogen-bond donors (Lipinski definition) is 2. The van der Waals surface area contributed by atoms with Gasteiger partial charge in [-0.05, 0) is 59.2 Å². The Morgan fingerprint density at radius 1 is 0.795 bits per heavy atom. The van der Waals surface area contributed by atoms with Gasteiger partial charge in [-0.25, -0.2) is 0 Å². The van der Waals surface area contributed by atoms with Crippen LogP contribution in [0, 0.1) is 0 Å². The Kier molecular flexibility index (Phi) is 10.2. The van der Waals surface area contributed by atoms with Gasteiger partial charge in [0.05, 0.1) is 18.0 Å². The minimum atomic E-state index is -1.03. The van der Waals surface area contributed by atoms with Gasteiger partial charge in [0.25, 0.3) is 5.91 Å². The van der Waals surface area contributed by atoms with Gasteiger partial charge in [0.1, 0.15) is 23.9 Å². The Bertz CT molecular complexity index is 1740. The minimum absolute atomic E-state index is 0.256. The van der Waals surface area contributed by atoms with Crippen molar-refractivity contribution < 1.29 is 24.2 Å². The molecule has 220 valence electrons. The van der Waals surface area contributed by atoms with Crippen molar-refractivity contribution in [2.75, 3.05) is 6.61 Å². The molecule has 0 aliphatic rings. The number of hydrogen-bond acceptors (Lipinski definition) is 4. The second-order valence-corrected chi connectivity index (χ2v) is 10.8. The van der Waals surface area contributed by atoms with E-state index in [4.69, 9.17) is 9.47 Å². The van der Waals surface area contributed by atoms with Crippen LogP contribution in [0.1, 0.15) is 33.9 Å². The summed E-state index contributed by atoms with van der Waals surface area (Å²) in [6, 6.07) is 38.9. The summed E-state index contributed by atoms with van der Waals surface area (Å²) in [7, 11) is 0. The molecular formula is C37H30BrNO5. The number of rotatable bonds is 12. The first-order valence-corrected chi connectivity index (χ1v) is 14.8. The maximum absolute atomic E-state index is 13.5. The number of nitrogens with one attached hydrogen (secondary N) is 1. The summed E-state index contributed by atoms with van der Waals surface area (Å²) in [4.78, 5) is 25.3. The fraction of sp³-hybridized carbons (Fsp3) is 0.0811. The number of amides is 1. The zero-order chi connectivity index (χ0) is 30.7. The molecule has 0 bridgehead atoms. The van der Waals surface area contributed by atoms with Crippen LogP contribution in [0.4, 0.5) is 0 Å². The predicted molar refractivity (Wildman–Crippen MR) is 176 cm³/mol. The van der Waals surface area contributed by atoms with E-state index in [1.807, 2.05) is 121 Å². The smallest absolute Gasteiger partial charge is 0.305 e. The number of halogens is 1. The fourth-order valence-electron chi connectivity index (χ4n) is 4.66. The second kappa shape index (κ2) is 14.8. The number of carboxylic acid groups (broad SMARTS) is 1. The van der Waals surface area contributed by atoms with E-state index in [1.54, 1.807) is 18.2 Å². The van der Waals surface area contributed by atoms with Gasteiger partial charge in [-0.15, -0.1) is 0 Å². The molecule has 0 aliphatic carbocycles. The molecule has 0 fully saturated rings. The number of carboxylic acids is 1. The SMILES string of the molecule is O=C(O)CC(NC(=O)c1cc(Br)ccc1OCC=Cc1ccccc1)c1ccc(-c2ccccc2Oc2ccccc2)cc1. The molecule has 1 unspecified atom stereocenters. The van der Waals surface area contributed by atoms with Crippen molar-refractivity contribution >= 4 is 33.9 Å². The van der Waals surface area contributed by atoms with Gasteiger partial charge in [0.15, 0.2) is 0 Å². The molecule has 5 rings (SSSR count). The molecule has 0 spiro atoms. The van der Waals surface area contributed by atoms with Crippen LogP contribution >= 0.6 is 15.9 Å². The first-order valence-electron chi connectivity index (χ1n) is 14.0. The Hall–Kier alpha value is -5.14. The average Bonchev–Trinajstić information content (AvgIpc) is 3.04. The largest absolute Gasteiger partial charge is 0.489 e. The average molecular weight is 649 g/mol. The summed E-state index contributed by atoms with van der Waals surface area (Å²) >= 11 is 3.43. The van der Waals surface area contributed by atoms with Gasteiger partial charge in [0.2, 0.25) is 0 Å². The van der Waals surface area contributed by atoms with Gasteiger partial charge < -0.3 is 19.9 Å². The predicted octanol–water partition coefficient (Wildman–Crippen LogP) is 8.95. The van der Waals surface area contributed by atoms with Crippen molar-refractivity contribution in [3.63, 3.8) is 0 Å². The summed E-state index contributed by atoms with van der Waals surface area (Å²) in [5, 5.41) is 12.6. The van der Waals surface area contributed by atoms with Crippen LogP contribution in [0.15, 0.2) is 138 Å². The van der Waals surface area contributed by atoms with Crippen LogP contribution in [-0.4, -0.2) is 23.6 Å². The highest BCUT2D eigenvalue weighted by atomic mass is 79.9. The lowest BCUT2D eigenvalue weighted by molar-refractivity contribution is -0.137. The van der Waals surface area contributed by atoms with Gasteiger partial charge >= 0.3 is 5.97 Å². The van der Waals surface area contributed by atoms with Crippen molar-refractivity contribution in [3.05, 3.63) is 155 Å². The molecule has 1 atom stereocenters. The van der Waals surface area contributed by atoms with Crippen LogP contribution in [0.5, 0.6) is 17.2 Å². The Morgan fingerprint density at radius 3 is 2.20 bits per heavy atom. The molecule has 5 aromatic rings. The van der Waals surface area contributed by atoms with Crippen molar-refractivity contribution in [2.24, 2.45) is 0 Å². The van der Waals surface area contributed by atoms with Gasteiger partial charge in [-0.3, -0.25) is 9.59 Å². The standard InChI is InChI=1S/C37H30BrNO5/c38-29-21-22-34(43-23-9-12-26-10-3-1-4-11-26)32(24-29)37(42)39-33(25-36(40)41)28-19-17-27(18-20-28)31-15-7-8-16-35(31)44-30-13-5-2-6-14-30/h1-22,24,33H,23,25H2,(H,39,42)(H,40,41). The van der Waals surface area contributed by atoms with Crippen molar-refractivity contribution in [1.82, 2.24) is 5.32 Å². The van der Waals surface area contributed by atoms with Crippen LogP contribution in [0.3, 0.4) is 0 Å². The maximum Gasteiger partial charge on any atom is 0.305 e. The minimum Gasteiger partial charge on any atom is -0.489 e. The number of carbonyl (C=O) groups excluding carboxylic acids is 1. The first kappa shape index (κ1) is 30.3. The lowest BCUT2D eigenvalue weighted by Gasteiger charge is -2.19. The molecule has 7 heteroatoms. The fourth-order valence-corrected chi connectivity index (χ4v) is 5.02. The quantitative estimate of drug-likeness (QED) is 0.141. The van der Waals surface area contributed by atoms with Crippen LogP contribution in [-0.2, 0) is 4.79 Å². The van der Waals surface area contributed by atoms with Crippen molar-refractivity contribution in [2.45, 2.75) is 12.5 Å². The number of para-hydroxylation sites is 2. The van der Waals surface area contributed by atoms with E-state index in [1.165, 1.54) is 0 Å². The Balaban J connectivity index is 1.33. The maximum atomic E-state index is 13.5. The lowest BCUT2D eigenvalue weighted by Crippen LogP contribution is -2.30. The van der Waals surface area contributed by atoms with Gasteiger partial charge in [0, 0.05) is 10.0 Å². The van der Waals surface area contributed by atoms with Crippen LogP contribution in [0.25, 0.3) is 17.2 Å². The highest BCUT2D eigenvalue weighted by molar-refractivity contribution is 9.10. The molecule has 6 nitrogen and oxygen atoms in total. The summed E-state index contributed by atoms with van der Waals surface area (Å²) in [6.07, 6.45) is 3.52. The third-order valence-electron chi connectivity index (χ3n) is 6.80. The van der Waals surface area contributed by atoms with Crippen molar-refractivity contribution in [1.29, 1.82) is 0 Å². The Labute approximate surface area is 264 Å². The molecule has 1 amide bonds. The molecule has 44 heavy (non-hydrogen) atoms. The van der Waals surface area contributed by atoms with Crippen molar-refractivity contribution in [3.8, 4) is 28.4 Å².